The van der Waals surface area contributed by atoms with Crippen molar-refractivity contribution in [3.8, 4) is 0 Å². The number of carbonyl (C=O) groups excluding carboxylic acids is 1. The second-order valence-electron chi connectivity index (χ2n) is 4.40. The molecule has 0 saturated heterocycles. The SMILES string of the molecule is CCCCCCCCCCCCNC([O])=O. The molecule has 0 spiro atoms. The van der Waals surface area contributed by atoms with E-state index in [-0.39, 0.29) is 0 Å². The van der Waals surface area contributed by atoms with Gasteiger partial charge in [0.25, 0.3) is 0 Å². The Morgan fingerprint density at radius 1 is 0.812 bits per heavy atom. The number of nitrogens with one attached hydrogen (secondary N) is 1. The first-order chi connectivity index (χ1) is 7.77. The largest absolute Gasteiger partial charge is 0.450 e. The van der Waals surface area contributed by atoms with Gasteiger partial charge in [0.05, 0.1) is 0 Å². The summed E-state index contributed by atoms with van der Waals surface area (Å²) >= 11 is 0. The molecule has 0 aromatic rings. The Balaban J connectivity index is 2.90. The molecule has 0 heterocycles. The van der Waals surface area contributed by atoms with Gasteiger partial charge in [-0.25, -0.2) is 9.90 Å². The normalized spacial score (nSPS) is 10.3. The lowest BCUT2D eigenvalue weighted by atomic mass is 10.1. The molecule has 1 radical (unpaired) electrons. The summed E-state index contributed by atoms with van der Waals surface area (Å²) in [5.74, 6) is 0. The highest BCUT2D eigenvalue weighted by Crippen LogP contribution is 2.10. The maximum Gasteiger partial charge on any atom is 0.450 e. The minimum Gasteiger partial charge on any atom is -0.318 e. The van der Waals surface area contributed by atoms with Crippen LogP contribution in [0.25, 0.3) is 0 Å². The second kappa shape index (κ2) is 12.3. The number of rotatable bonds is 11. The molecule has 0 aromatic heterocycles. The third-order valence-electron chi connectivity index (χ3n) is 2.80. The molecule has 1 amide bonds. The van der Waals surface area contributed by atoms with E-state index < -0.39 is 6.09 Å². The molecule has 0 aliphatic heterocycles. The average Bonchev–Trinajstić information content (AvgIpc) is 2.25. The Kier molecular flexibility index (Phi) is 11.8. The van der Waals surface area contributed by atoms with Crippen LogP contribution in [0.4, 0.5) is 4.79 Å². The Morgan fingerprint density at radius 3 is 1.69 bits per heavy atom. The molecule has 3 nitrogen and oxygen atoms in total. The van der Waals surface area contributed by atoms with Crippen molar-refractivity contribution in [3.05, 3.63) is 0 Å². The highest BCUT2D eigenvalue weighted by molar-refractivity contribution is 5.63. The first-order valence-electron chi connectivity index (χ1n) is 6.72. The summed E-state index contributed by atoms with van der Waals surface area (Å²) in [7, 11) is 0. The van der Waals surface area contributed by atoms with Gasteiger partial charge in [0.15, 0.2) is 0 Å². The average molecular weight is 228 g/mol. The molecule has 95 valence electrons. The predicted molar refractivity (Wildman–Crippen MR) is 65.9 cm³/mol. The molecule has 0 saturated carbocycles. The fourth-order valence-electron chi connectivity index (χ4n) is 1.80. The van der Waals surface area contributed by atoms with Crippen LogP contribution in [0.3, 0.4) is 0 Å². The third-order valence-corrected chi connectivity index (χ3v) is 2.80. The summed E-state index contributed by atoms with van der Waals surface area (Å²) in [5, 5.41) is 12.3. The maximum atomic E-state index is 10.0. The summed E-state index contributed by atoms with van der Waals surface area (Å²) in [5.41, 5.74) is 0. The lowest BCUT2D eigenvalue weighted by molar-refractivity contribution is 0.168. The van der Waals surface area contributed by atoms with Crippen LogP contribution in [0.5, 0.6) is 0 Å². The van der Waals surface area contributed by atoms with Crippen molar-refractivity contribution in [1.82, 2.24) is 5.32 Å². The van der Waals surface area contributed by atoms with Crippen molar-refractivity contribution >= 4 is 6.09 Å². The summed E-state index contributed by atoms with van der Waals surface area (Å²) in [6.07, 6.45) is 11.5. The zero-order chi connectivity index (χ0) is 12.1. The van der Waals surface area contributed by atoms with Crippen molar-refractivity contribution in [2.45, 2.75) is 71.1 Å². The van der Waals surface area contributed by atoms with Crippen LogP contribution < -0.4 is 5.32 Å². The first kappa shape index (κ1) is 15.3. The minimum absolute atomic E-state index is 0.541. The number of carbonyl (C=O) groups is 1. The summed E-state index contributed by atoms with van der Waals surface area (Å²) in [4.78, 5) is 10.0. The molecule has 0 aromatic carbocycles. The van der Waals surface area contributed by atoms with E-state index >= 15 is 0 Å². The standard InChI is InChI=1S/C13H26NO2/c1-2-3-4-5-6-7-8-9-10-11-12-14-13(15)16/h14H,2-12H2,1H3. The topological polar surface area (TPSA) is 49.0 Å². The fraction of sp³-hybridized carbons (Fsp3) is 0.923. The van der Waals surface area contributed by atoms with Gasteiger partial charge in [0.1, 0.15) is 0 Å². The molecule has 16 heavy (non-hydrogen) atoms. The van der Waals surface area contributed by atoms with Crippen LogP contribution >= 0.6 is 0 Å². The molecular formula is C13H26NO2. The summed E-state index contributed by atoms with van der Waals surface area (Å²) in [6, 6.07) is 0. The number of unbranched alkanes of at least 4 members (excludes halogenated alkanes) is 9. The van der Waals surface area contributed by atoms with Crippen LogP contribution in [-0.2, 0) is 5.11 Å². The van der Waals surface area contributed by atoms with Gasteiger partial charge in [-0.3, -0.25) is 0 Å². The molecule has 3 heteroatoms. The monoisotopic (exact) mass is 228 g/mol. The van der Waals surface area contributed by atoms with Crippen molar-refractivity contribution in [2.24, 2.45) is 0 Å². The quantitative estimate of drug-likeness (QED) is 0.533. The van der Waals surface area contributed by atoms with Crippen molar-refractivity contribution in [2.75, 3.05) is 6.54 Å². The van der Waals surface area contributed by atoms with Crippen LogP contribution in [0.15, 0.2) is 0 Å². The molecule has 0 fully saturated rings. The van der Waals surface area contributed by atoms with E-state index in [1.54, 1.807) is 0 Å². The van der Waals surface area contributed by atoms with Gasteiger partial charge in [-0.05, 0) is 6.42 Å². The van der Waals surface area contributed by atoms with Crippen LogP contribution in [0, 0.1) is 0 Å². The third kappa shape index (κ3) is 13.3. The Bertz CT molecular complexity index is 160. The van der Waals surface area contributed by atoms with Crippen molar-refractivity contribution in [3.63, 3.8) is 0 Å². The molecule has 0 rings (SSSR count). The van der Waals surface area contributed by atoms with E-state index in [1.807, 2.05) is 0 Å². The smallest absolute Gasteiger partial charge is 0.318 e. The van der Waals surface area contributed by atoms with Gasteiger partial charge in [0.2, 0.25) is 0 Å². The van der Waals surface area contributed by atoms with Gasteiger partial charge in [0, 0.05) is 6.54 Å². The Morgan fingerprint density at radius 2 is 1.25 bits per heavy atom. The maximum absolute atomic E-state index is 10.0. The molecule has 0 aliphatic carbocycles. The zero-order valence-electron chi connectivity index (χ0n) is 10.6. The summed E-state index contributed by atoms with van der Waals surface area (Å²) in [6.45, 7) is 2.78. The van der Waals surface area contributed by atoms with E-state index in [0.29, 0.717) is 6.54 Å². The van der Waals surface area contributed by atoms with E-state index in [0.717, 1.165) is 12.8 Å². The van der Waals surface area contributed by atoms with Crippen LogP contribution in [0.2, 0.25) is 0 Å². The molecule has 0 bridgehead atoms. The van der Waals surface area contributed by atoms with Crippen LogP contribution in [0.1, 0.15) is 71.1 Å². The molecular weight excluding hydrogens is 202 g/mol. The summed E-state index contributed by atoms with van der Waals surface area (Å²) < 4.78 is 0. The number of hydrogen-bond acceptors (Lipinski definition) is 1. The van der Waals surface area contributed by atoms with Crippen molar-refractivity contribution < 1.29 is 9.90 Å². The van der Waals surface area contributed by atoms with Gasteiger partial charge in [-0.2, -0.15) is 0 Å². The first-order valence-corrected chi connectivity index (χ1v) is 6.72. The Labute approximate surface area is 99.6 Å². The van der Waals surface area contributed by atoms with Gasteiger partial charge in [-0.15, -0.1) is 0 Å². The highest BCUT2D eigenvalue weighted by Gasteiger charge is 1.95. The number of amides is 1. The fourth-order valence-corrected chi connectivity index (χ4v) is 1.80. The molecule has 1 N–H and O–H groups in total. The minimum atomic E-state index is -1.16. The second-order valence-corrected chi connectivity index (χ2v) is 4.40. The van der Waals surface area contributed by atoms with E-state index in [2.05, 4.69) is 12.2 Å². The van der Waals surface area contributed by atoms with Gasteiger partial charge in [-0.1, -0.05) is 64.7 Å². The Hall–Kier alpha value is -0.730. The van der Waals surface area contributed by atoms with E-state index in [1.165, 1.54) is 51.4 Å². The van der Waals surface area contributed by atoms with Gasteiger partial charge < -0.3 is 5.32 Å². The van der Waals surface area contributed by atoms with Crippen LogP contribution in [-0.4, -0.2) is 12.6 Å². The lowest BCUT2D eigenvalue weighted by Crippen LogP contribution is -2.20. The van der Waals surface area contributed by atoms with Crippen molar-refractivity contribution in [1.29, 1.82) is 0 Å². The predicted octanol–water partition coefficient (Wildman–Crippen LogP) is 4.05. The number of hydrogen-bond donors (Lipinski definition) is 1. The zero-order valence-corrected chi connectivity index (χ0v) is 10.6. The molecule has 0 atom stereocenters. The molecule has 0 unspecified atom stereocenters. The van der Waals surface area contributed by atoms with E-state index in [9.17, 15) is 9.90 Å². The molecule has 0 aliphatic rings. The highest BCUT2D eigenvalue weighted by atomic mass is 16.4. The van der Waals surface area contributed by atoms with Gasteiger partial charge >= 0.3 is 6.09 Å². The lowest BCUT2D eigenvalue weighted by Gasteiger charge is -2.02. The van der Waals surface area contributed by atoms with E-state index in [4.69, 9.17) is 0 Å².